The van der Waals surface area contributed by atoms with Crippen molar-refractivity contribution in [2.75, 3.05) is 5.75 Å². The molecule has 1 heterocycles. The van der Waals surface area contributed by atoms with Crippen LogP contribution in [0, 0.1) is 6.92 Å². The van der Waals surface area contributed by atoms with Crippen LogP contribution in [0.3, 0.4) is 0 Å². The molecule has 0 spiro atoms. The topological polar surface area (TPSA) is 76.0 Å². The van der Waals surface area contributed by atoms with Gasteiger partial charge in [-0.2, -0.15) is 0 Å². The van der Waals surface area contributed by atoms with E-state index in [0.29, 0.717) is 10.7 Å². The Bertz CT molecular complexity index is 1190. The van der Waals surface area contributed by atoms with E-state index in [1.807, 2.05) is 66.1 Å². The molecule has 3 aromatic carbocycles. The van der Waals surface area contributed by atoms with Crippen molar-refractivity contribution < 1.29 is 9.59 Å². The number of carbonyl (C=O) groups is 2. The zero-order valence-corrected chi connectivity index (χ0v) is 17.1. The van der Waals surface area contributed by atoms with Crippen LogP contribution in [0.25, 0.3) is 16.7 Å². The Kier molecular flexibility index (Phi) is 5.81. The molecule has 0 unspecified atom stereocenters. The minimum absolute atomic E-state index is 0.115. The van der Waals surface area contributed by atoms with Gasteiger partial charge in [-0.25, -0.2) is 4.98 Å². The first-order valence-electron chi connectivity index (χ1n) is 9.43. The number of para-hydroxylation sites is 2. The van der Waals surface area contributed by atoms with Crippen LogP contribution in [0.5, 0.6) is 0 Å². The molecule has 0 saturated carbocycles. The molecule has 0 fully saturated rings. The summed E-state index contributed by atoms with van der Waals surface area (Å²) in [6, 6.07) is 24.7. The summed E-state index contributed by atoms with van der Waals surface area (Å²) in [6.45, 7) is 2.04. The fourth-order valence-corrected chi connectivity index (χ4v) is 3.83. The number of amides is 2. The number of benzene rings is 3. The van der Waals surface area contributed by atoms with E-state index < -0.39 is 0 Å². The van der Waals surface area contributed by atoms with E-state index in [9.17, 15) is 9.59 Å². The lowest BCUT2D eigenvalue weighted by molar-refractivity contribution is -0.119. The van der Waals surface area contributed by atoms with Crippen LogP contribution >= 0.6 is 11.8 Å². The van der Waals surface area contributed by atoms with Crippen LogP contribution < -0.4 is 10.9 Å². The van der Waals surface area contributed by atoms with Crippen LogP contribution in [0.15, 0.2) is 84.0 Å². The maximum Gasteiger partial charge on any atom is 0.269 e. The first kappa shape index (κ1) is 19.7. The van der Waals surface area contributed by atoms with E-state index in [1.165, 1.54) is 17.3 Å². The van der Waals surface area contributed by atoms with E-state index in [2.05, 4.69) is 15.8 Å². The van der Waals surface area contributed by atoms with Gasteiger partial charge in [0.05, 0.1) is 16.8 Å². The molecule has 1 aromatic heterocycles. The number of aromatic nitrogens is 2. The molecule has 30 heavy (non-hydrogen) atoms. The van der Waals surface area contributed by atoms with Crippen molar-refractivity contribution in [3.05, 3.63) is 90.0 Å². The minimum atomic E-state index is -0.360. The third kappa shape index (κ3) is 4.36. The van der Waals surface area contributed by atoms with E-state index in [0.717, 1.165) is 16.7 Å². The van der Waals surface area contributed by atoms with Gasteiger partial charge in [0.2, 0.25) is 5.91 Å². The number of thioether (sulfide) groups is 1. The zero-order chi connectivity index (χ0) is 20.9. The molecule has 2 amide bonds. The Hall–Kier alpha value is -3.58. The molecule has 0 bridgehead atoms. The number of nitrogens with one attached hydrogen (secondary N) is 2. The molecule has 6 nitrogen and oxygen atoms in total. The zero-order valence-electron chi connectivity index (χ0n) is 16.3. The van der Waals surface area contributed by atoms with Gasteiger partial charge in [0, 0.05) is 11.3 Å². The van der Waals surface area contributed by atoms with Crippen molar-refractivity contribution in [2.24, 2.45) is 0 Å². The van der Waals surface area contributed by atoms with Crippen molar-refractivity contribution in [3.63, 3.8) is 0 Å². The maximum atomic E-state index is 12.3. The molecular weight excluding hydrogens is 396 g/mol. The fraction of sp³-hybridized carbons (Fsp3) is 0.0870. The Morgan fingerprint density at radius 3 is 2.37 bits per heavy atom. The van der Waals surface area contributed by atoms with Crippen molar-refractivity contribution in [3.8, 4) is 5.69 Å². The van der Waals surface area contributed by atoms with E-state index >= 15 is 0 Å². The standard InChI is InChI=1S/C23H20N4O2S/c1-16-11-13-18(14-12-16)27-20-10-6-5-9-19(20)24-23(27)30-15-21(28)25-26-22(29)17-7-3-2-4-8-17/h2-14H,15H2,1H3,(H,25,28)(H,26,29). The summed E-state index contributed by atoms with van der Waals surface area (Å²) in [5.41, 5.74) is 9.36. The molecule has 0 atom stereocenters. The van der Waals surface area contributed by atoms with Crippen LogP contribution in [-0.2, 0) is 4.79 Å². The van der Waals surface area contributed by atoms with Crippen molar-refractivity contribution >= 4 is 34.6 Å². The summed E-state index contributed by atoms with van der Waals surface area (Å²) in [6.07, 6.45) is 0. The second-order valence-electron chi connectivity index (χ2n) is 6.71. The highest BCUT2D eigenvalue weighted by molar-refractivity contribution is 7.99. The lowest BCUT2D eigenvalue weighted by atomic mass is 10.2. The molecule has 0 aliphatic carbocycles. The second-order valence-corrected chi connectivity index (χ2v) is 7.65. The first-order chi connectivity index (χ1) is 14.6. The van der Waals surface area contributed by atoms with Crippen LogP contribution in [-0.4, -0.2) is 27.1 Å². The number of hydrazine groups is 1. The van der Waals surface area contributed by atoms with Gasteiger partial charge in [0.25, 0.3) is 5.91 Å². The van der Waals surface area contributed by atoms with Gasteiger partial charge in [-0.3, -0.25) is 25.0 Å². The van der Waals surface area contributed by atoms with Crippen molar-refractivity contribution in [1.29, 1.82) is 0 Å². The molecule has 0 aliphatic heterocycles. The minimum Gasteiger partial charge on any atom is -0.287 e. The highest BCUT2D eigenvalue weighted by Gasteiger charge is 2.15. The fourth-order valence-electron chi connectivity index (χ4n) is 3.00. The number of hydrogen-bond donors (Lipinski definition) is 2. The number of hydrogen-bond acceptors (Lipinski definition) is 4. The molecule has 4 aromatic rings. The Balaban J connectivity index is 1.47. The lowest BCUT2D eigenvalue weighted by Crippen LogP contribution is -2.42. The third-order valence-electron chi connectivity index (χ3n) is 4.51. The molecule has 4 rings (SSSR count). The monoisotopic (exact) mass is 416 g/mol. The van der Waals surface area contributed by atoms with Gasteiger partial charge < -0.3 is 0 Å². The number of aryl methyl sites for hydroxylation is 1. The average molecular weight is 417 g/mol. The van der Waals surface area contributed by atoms with Crippen LogP contribution in [0.2, 0.25) is 0 Å². The first-order valence-corrected chi connectivity index (χ1v) is 10.4. The molecule has 7 heteroatoms. The summed E-state index contributed by atoms with van der Waals surface area (Å²) < 4.78 is 2.04. The summed E-state index contributed by atoms with van der Waals surface area (Å²) in [5.74, 6) is -0.558. The van der Waals surface area contributed by atoms with E-state index in [1.54, 1.807) is 24.3 Å². The summed E-state index contributed by atoms with van der Waals surface area (Å²) in [5, 5.41) is 0.713. The predicted molar refractivity (Wildman–Crippen MR) is 119 cm³/mol. The number of fused-ring (bicyclic) bond motifs is 1. The number of nitrogens with zero attached hydrogens (tertiary/aromatic N) is 2. The van der Waals surface area contributed by atoms with Crippen molar-refractivity contribution in [2.45, 2.75) is 12.1 Å². The smallest absolute Gasteiger partial charge is 0.269 e. The molecule has 2 N–H and O–H groups in total. The normalized spacial score (nSPS) is 10.7. The number of imidazole rings is 1. The third-order valence-corrected chi connectivity index (χ3v) is 5.44. The number of carbonyl (C=O) groups excluding carboxylic acids is 2. The highest BCUT2D eigenvalue weighted by Crippen LogP contribution is 2.28. The molecule has 0 saturated heterocycles. The number of rotatable bonds is 5. The van der Waals surface area contributed by atoms with E-state index in [-0.39, 0.29) is 17.6 Å². The quantitative estimate of drug-likeness (QED) is 0.382. The molecule has 150 valence electrons. The van der Waals surface area contributed by atoms with Gasteiger partial charge in [0.1, 0.15) is 0 Å². The SMILES string of the molecule is Cc1ccc(-n2c(SCC(=O)NNC(=O)c3ccccc3)nc3ccccc32)cc1. The van der Waals surface area contributed by atoms with Gasteiger partial charge in [-0.15, -0.1) is 0 Å². The Morgan fingerprint density at radius 2 is 1.60 bits per heavy atom. The average Bonchev–Trinajstić information content (AvgIpc) is 3.15. The summed E-state index contributed by atoms with van der Waals surface area (Å²) in [7, 11) is 0. The largest absolute Gasteiger partial charge is 0.287 e. The van der Waals surface area contributed by atoms with Crippen LogP contribution in [0.4, 0.5) is 0 Å². The van der Waals surface area contributed by atoms with Crippen molar-refractivity contribution in [1.82, 2.24) is 20.4 Å². The second kappa shape index (κ2) is 8.84. The summed E-state index contributed by atoms with van der Waals surface area (Å²) in [4.78, 5) is 29.0. The Labute approximate surface area is 178 Å². The highest BCUT2D eigenvalue weighted by atomic mass is 32.2. The summed E-state index contributed by atoms with van der Waals surface area (Å²) >= 11 is 1.32. The predicted octanol–water partition coefficient (Wildman–Crippen LogP) is 3.89. The van der Waals surface area contributed by atoms with Gasteiger partial charge >= 0.3 is 0 Å². The molecule has 0 radical (unpaired) electrons. The van der Waals surface area contributed by atoms with Gasteiger partial charge in [-0.05, 0) is 43.3 Å². The van der Waals surface area contributed by atoms with Crippen LogP contribution in [0.1, 0.15) is 15.9 Å². The maximum absolute atomic E-state index is 12.3. The van der Waals surface area contributed by atoms with E-state index in [4.69, 9.17) is 0 Å². The van der Waals surface area contributed by atoms with Gasteiger partial charge in [-0.1, -0.05) is 59.8 Å². The van der Waals surface area contributed by atoms with Gasteiger partial charge in [0.15, 0.2) is 5.16 Å². The Morgan fingerprint density at radius 1 is 0.900 bits per heavy atom. The molecular formula is C23H20N4O2S. The lowest BCUT2D eigenvalue weighted by Gasteiger charge is -2.10. The molecule has 0 aliphatic rings.